The van der Waals surface area contributed by atoms with Crippen LogP contribution in [0.25, 0.3) is 0 Å². The van der Waals surface area contributed by atoms with Crippen LogP contribution in [0.1, 0.15) is 78.0 Å². The topological polar surface area (TPSA) is 20.2 Å². The number of rotatable bonds is 2. The van der Waals surface area contributed by atoms with Crippen LogP contribution >= 0.6 is 0 Å². The van der Waals surface area contributed by atoms with Gasteiger partial charge in [-0.1, -0.05) is 73.3 Å². The largest absolute Gasteiger partial charge is 0.507 e. The van der Waals surface area contributed by atoms with Crippen molar-refractivity contribution >= 4 is 0 Å². The van der Waals surface area contributed by atoms with E-state index in [1.165, 1.54) is 0 Å². The average Bonchev–Trinajstić information content (AvgIpc) is 2.35. The van der Waals surface area contributed by atoms with Crippen LogP contribution in [0, 0.1) is 11.8 Å². The maximum Gasteiger partial charge on any atom is 0.123 e. The van der Waals surface area contributed by atoms with E-state index < -0.39 is 0 Å². The van der Waals surface area contributed by atoms with Gasteiger partial charge >= 0.3 is 0 Å². The van der Waals surface area contributed by atoms with Crippen molar-refractivity contribution in [2.24, 2.45) is 0 Å². The average molecular weight is 298 g/mol. The zero-order chi connectivity index (χ0) is 17.1. The smallest absolute Gasteiger partial charge is 0.123 e. The monoisotopic (exact) mass is 298 g/mol. The van der Waals surface area contributed by atoms with Crippen LogP contribution in [0.3, 0.4) is 0 Å². The van der Waals surface area contributed by atoms with Crippen molar-refractivity contribution < 1.29 is 5.11 Å². The summed E-state index contributed by atoms with van der Waals surface area (Å²) in [6.45, 7) is 18.8. The van der Waals surface area contributed by atoms with Gasteiger partial charge in [0.25, 0.3) is 0 Å². The normalized spacial score (nSPS) is 11.8. The lowest BCUT2D eigenvalue weighted by atomic mass is 9.78. The molecule has 0 aliphatic heterocycles. The van der Waals surface area contributed by atoms with E-state index in [0.717, 1.165) is 35.1 Å². The molecule has 0 fully saturated rings. The molecule has 1 rings (SSSR count). The number of hydrogen-bond donors (Lipinski definition) is 1. The molecular weight excluding hydrogens is 268 g/mol. The molecule has 0 unspecified atom stereocenters. The molecule has 1 aromatic rings. The standard InChI is InChI=1S/C21H30O/c1-9-10-15(2)11-12-16-13-17(20(3,4)5)19(22)18(14-16)21(6,7)8/h13-14,22H,2,9-10H2,1,3-8H3. The Balaban J connectivity index is 3.45. The summed E-state index contributed by atoms with van der Waals surface area (Å²) in [7, 11) is 0. The molecule has 0 spiro atoms. The van der Waals surface area contributed by atoms with Gasteiger partial charge in [0.15, 0.2) is 0 Å². The fourth-order valence-electron chi connectivity index (χ4n) is 2.37. The van der Waals surface area contributed by atoms with E-state index in [2.05, 4.69) is 66.9 Å². The number of benzene rings is 1. The molecule has 1 N–H and O–H groups in total. The first kappa shape index (κ1) is 18.4. The minimum atomic E-state index is -0.123. The molecule has 0 aromatic heterocycles. The minimum absolute atomic E-state index is 0.123. The molecular formula is C21H30O. The van der Waals surface area contributed by atoms with Gasteiger partial charge in [0.1, 0.15) is 5.75 Å². The molecule has 120 valence electrons. The first-order valence-electron chi connectivity index (χ1n) is 8.04. The Morgan fingerprint density at radius 1 is 1.05 bits per heavy atom. The van der Waals surface area contributed by atoms with Crippen molar-refractivity contribution in [2.45, 2.75) is 72.1 Å². The third kappa shape index (κ3) is 4.67. The van der Waals surface area contributed by atoms with Gasteiger partial charge in [-0.2, -0.15) is 0 Å². The Morgan fingerprint density at radius 2 is 1.50 bits per heavy atom. The quantitative estimate of drug-likeness (QED) is 0.695. The summed E-state index contributed by atoms with van der Waals surface area (Å²) in [4.78, 5) is 0. The Morgan fingerprint density at radius 3 is 1.86 bits per heavy atom. The zero-order valence-corrected chi connectivity index (χ0v) is 15.2. The lowest BCUT2D eigenvalue weighted by molar-refractivity contribution is 0.423. The molecule has 0 atom stereocenters. The summed E-state index contributed by atoms with van der Waals surface area (Å²) >= 11 is 0. The summed E-state index contributed by atoms with van der Waals surface area (Å²) in [5.41, 5.74) is 3.57. The van der Waals surface area contributed by atoms with Crippen LogP contribution in [0.15, 0.2) is 24.3 Å². The van der Waals surface area contributed by atoms with Gasteiger partial charge in [-0.25, -0.2) is 0 Å². The number of phenols is 1. The third-order valence-corrected chi connectivity index (χ3v) is 3.66. The summed E-state index contributed by atoms with van der Waals surface area (Å²) in [6.07, 6.45) is 1.99. The van der Waals surface area contributed by atoms with Gasteiger partial charge in [-0.3, -0.25) is 0 Å². The lowest BCUT2D eigenvalue weighted by Crippen LogP contribution is -2.17. The first-order valence-corrected chi connectivity index (χ1v) is 8.04. The van der Waals surface area contributed by atoms with E-state index >= 15 is 0 Å². The van der Waals surface area contributed by atoms with E-state index in [1.807, 2.05) is 12.1 Å². The van der Waals surface area contributed by atoms with Crippen molar-refractivity contribution in [3.8, 4) is 17.6 Å². The Hall–Kier alpha value is -1.68. The molecule has 0 saturated heterocycles. The summed E-state index contributed by atoms with van der Waals surface area (Å²) in [5.74, 6) is 6.77. The van der Waals surface area contributed by atoms with Gasteiger partial charge < -0.3 is 5.11 Å². The molecule has 0 saturated carbocycles. The Bertz CT molecular complexity index is 575. The number of phenolic OH excluding ortho intramolecular Hbond substituents is 1. The number of allylic oxidation sites excluding steroid dienone is 1. The van der Waals surface area contributed by atoms with Crippen LogP contribution in [0.2, 0.25) is 0 Å². The van der Waals surface area contributed by atoms with Crippen molar-refractivity contribution in [1.82, 2.24) is 0 Å². The third-order valence-electron chi connectivity index (χ3n) is 3.66. The van der Waals surface area contributed by atoms with Crippen LogP contribution in [-0.2, 0) is 10.8 Å². The van der Waals surface area contributed by atoms with E-state index in [1.54, 1.807) is 0 Å². The summed E-state index contributed by atoms with van der Waals surface area (Å²) in [5, 5.41) is 10.7. The second-order valence-corrected chi connectivity index (χ2v) is 8.02. The Kier molecular flexibility index (Phi) is 5.52. The Labute approximate surface area is 136 Å². The lowest BCUT2D eigenvalue weighted by Gasteiger charge is -2.27. The maximum absolute atomic E-state index is 10.7. The highest BCUT2D eigenvalue weighted by Crippen LogP contribution is 2.39. The van der Waals surface area contributed by atoms with Crippen LogP contribution in [0.4, 0.5) is 0 Å². The van der Waals surface area contributed by atoms with Crippen LogP contribution in [-0.4, -0.2) is 5.11 Å². The van der Waals surface area contributed by atoms with Gasteiger partial charge in [0.05, 0.1) is 0 Å². The fourth-order valence-corrected chi connectivity index (χ4v) is 2.37. The molecule has 1 nitrogen and oxygen atoms in total. The summed E-state index contributed by atoms with van der Waals surface area (Å²) < 4.78 is 0. The predicted octanol–water partition coefficient (Wildman–Crippen LogP) is 5.70. The van der Waals surface area contributed by atoms with E-state index in [4.69, 9.17) is 0 Å². The van der Waals surface area contributed by atoms with E-state index in [0.29, 0.717) is 5.75 Å². The second kappa shape index (κ2) is 6.61. The first-order chi connectivity index (χ1) is 9.96. The van der Waals surface area contributed by atoms with Gasteiger partial charge in [0, 0.05) is 16.7 Å². The molecule has 0 amide bonds. The second-order valence-electron chi connectivity index (χ2n) is 8.02. The van der Waals surface area contributed by atoms with Crippen molar-refractivity contribution in [1.29, 1.82) is 0 Å². The summed E-state index contributed by atoms with van der Waals surface area (Å²) in [6, 6.07) is 4.02. The maximum atomic E-state index is 10.7. The van der Waals surface area contributed by atoms with Crippen LogP contribution < -0.4 is 0 Å². The molecule has 0 heterocycles. The van der Waals surface area contributed by atoms with Crippen molar-refractivity contribution in [3.63, 3.8) is 0 Å². The number of aromatic hydroxyl groups is 1. The molecule has 0 aliphatic rings. The van der Waals surface area contributed by atoms with E-state index in [9.17, 15) is 5.11 Å². The highest BCUT2D eigenvalue weighted by molar-refractivity contribution is 5.54. The molecule has 0 radical (unpaired) electrons. The van der Waals surface area contributed by atoms with Crippen LogP contribution in [0.5, 0.6) is 5.75 Å². The van der Waals surface area contributed by atoms with Crippen molar-refractivity contribution in [2.75, 3.05) is 0 Å². The molecule has 0 bridgehead atoms. The van der Waals surface area contributed by atoms with Gasteiger partial charge in [-0.05, 0) is 35.0 Å². The highest BCUT2D eigenvalue weighted by Gasteiger charge is 2.26. The molecule has 0 aliphatic carbocycles. The molecule has 1 aromatic carbocycles. The highest BCUT2D eigenvalue weighted by atomic mass is 16.3. The zero-order valence-electron chi connectivity index (χ0n) is 15.2. The van der Waals surface area contributed by atoms with Gasteiger partial charge in [0.2, 0.25) is 0 Å². The van der Waals surface area contributed by atoms with E-state index in [-0.39, 0.29) is 10.8 Å². The van der Waals surface area contributed by atoms with Gasteiger partial charge in [-0.15, -0.1) is 0 Å². The predicted molar refractivity (Wildman–Crippen MR) is 96.4 cm³/mol. The minimum Gasteiger partial charge on any atom is -0.507 e. The van der Waals surface area contributed by atoms with Crippen molar-refractivity contribution in [3.05, 3.63) is 41.0 Å². The SMILES string of the molecule is C=C(C#Cc1cc(C(C)(C)C)c(O)c(C(C)(C)C)c1)CCC. The fraction of sp³-hybridized carbons (Fsp3) is 0.524. The number of hydrogen-bond acceptors (Lipinski definition) is 1. The molecule has 22 heavy (non-hydrogen) atoms. The molecule has 1 heteroatoms.